The number of oxazole rings is 2. The maximum absolute atomic E-state index is 5.72. The van der Waals surface area contributed by atoms with E-state index in [1.807, 2.05) is 66.7 Å². The molecule has 0 unspecified atom stereocenters. The van der Waals surface area contributed by atoms with Crippen LogP contribution in [-0.2, 0) is 0 Å². The van der Waals surface area contributed by atoms with Gasteiger partial charge in [0.15, 0.2) is 0 Å². The molecule has 0 amide bonds. The molecule has 2 aromatic carbocycles. The standard InChI is InChI=1S/C23H13Br2N3O2/c24-16-11-17(25)21(23-27-19(13-30-23)15-9-5-2-6-10-15)28-20(16)22-26-18(12-29-22)14-7-3-1-4-8-14/h1-13H. The Labute approximate surface area is 189 Å². The third-order valence-corrected chi connectivity index (χ3v) is 5.69. The molecule has 7 heteroatoms. The van der Waals surface area contributed by atoms with Crippen LogP contribution in [0, 0.1) is 0 Å². The lowest BCUT2D eigenvalue weighted by Gasteiger charge is -2.04. The molecule has 0 N–H and O–H groups in total. The molecule has 0 aliphatic heterocycles. The zero-order chi connectivity index (χ0) is 20.5. The summed E-state index contributed by atoms with van der Waals surface area (Å²) in [6.07, 6.45) is 3.25. The SMILES string of the molecule is Brc1cc(Br)c(-c2nc(-c3ccccc3)co2)nc1-c1nc(-c2ccccc2)co1. The van der Waals surface area contributed by atoms with E-state index in [1.54, 1.807) is 12.5 Å². The molecule has 5 nitrogen and oxygen atoms in total. The first-order chi connectivity index (χ1) is 14.7. The lowest BCUT2D eigenvalue weighted by atomic mass is 10.2. The largest absolute Gasteiger partial charge is 0.443 e. The van der Waals surface area contributed by atoms with Gasteiger partial charge in [-0.2, -0.15) is 0 Å². The van der Waals surface area contributed by atoms with Crippen molar-refractivity contribution in [3.05, 3.63) is 88.2 Å². The Hall–Kier alpha value is -3.03. The summed E-state index contributed by atoms with van der Waals surface area (Å²) in [5, 5.41) is 0. The van der Waals surface area contributed by atoms with Crippen LogP contribution in [0.4, 0.5) is 0 Å². The highest BCUT2D eigenvalue weighted by molar-refractivity contribution is 9.11. The van der Waals surface area contributed by atoms with Crippen molar-refractivity contribution in [2.45, 2.75) is 0 Å². The van der Waals surface area contributed by atoms with E-state index in [1.165, 1.54) is 0 Å². The molecular weight excluding hydrogens is 510 g/mol. The molecule has 0 saturated carbocycles. The molecule has 0 aliphatic carbocycles. The van der Waals surface area contributed by atoms with Gasteiger partial charge in [-0.15, -0.1) is 0 Å². The Balaban J connectivity index is 1.54. The number of halogens is 2. The average Bonchev–Trinajstić information content (AvgIpc) is 3.46. The van der Waals surface area contributed by atoms with Gasteiger partial charge in [-0.05, 0) is 37.9 Å². The lowest BCUT2D eigenvalue weighted by Crippen LogP contribution is -1.92. The molecule has 0 bridgehead atoms. The molecule has 0 fully saturated rings. The van der Waals surface area contributed by atoms with Crippen LogP contribution in [0.25, 0.3) is 45.7 Å². The monoisotopic (exact) mass is 521 g/mol. The van der Waals surface area contributed by atoms with Crippen LogP contribution in [-0.4, -0.2) is 15.0 Å². The number of rotatable bonds is 4. The second-order valence-electron chi connectivity index (χ2n) is 6.46. The predicted molar refractivity (Wildman–Crippen MR) is 122 cm³/mol. The fraction of sp³-hybridized carbons (Fsp3) is 0. The Kier molecular flexibility index (Phi) is 5.06. The van der Waals surface area contributed by atoms with Crippen molar-refractivity contribution >= 4 is 31.9 Å². The van der Waals surface area contributed by atoms with Crippen molar-refractivity contribution in [3.63, 3.8) is 0 Å². The second-order valence-corrected chi connectivity index (χ2v) is 8.17. The summed E-state index contributed by atoms with van der Waals surface area (Å²) < 4.78 is 12.9. The van der Waals surface area contributed by atoms with Gasteiger partial charge in [0.25, 0.3) is 0 Å². The van der Waals surface area contributed by atoms with Gasteiger partial charge in [0, 0.05) is 20.1 Å². The normalized spacial score (nSPS) is 11.0. The van der Waals surface area contributed by atoms with E-state index in [4.69, 9.17) is 13.8 Å². The lowest BCUT2D eigenvalue weighted by molar-refractivity contribution is 0.567. The topological polar surface area (TPSA) is 65.0 Å². The molecule has 5 rings (SSSR count). The van der Waals surface area contributed by atoms with Crippen LogP contribution in [0.2, 0.25) is 0 Å². The van der Waals surface area contributed by atoms with Gasteiger partial charge in [-0.25, -0.2) is 15.0 Å². The van der Waals surface area contributed by atoms with E-state index in [0.717, 1.165) is 31.5 Å². The summed E-state index contributed by atoms with van der Waals surface area (Å²) in [6.45, 7) is 0. The fourth-order valence-corrected chi connectivity index (χ4v) is 4.30. The Morgan fingerprint density at radius 1 is 0.567 bits per heavy atom. The summed E-state index contributed by atoms with van der Waals surface area (Å²) in [4.78, 5) is 13.9. The van der Waals surface area contributed by atoms with E-state index in [2.05, 4.69) is 41.8 Å². The number of aromatic nitrogens is 3. The minimum atomic E-state index is 0.407. The molecule has 0 radical (unpaired) electrons. The summed E-state index contributed by atoms with van der Waals surface area (Å²) in [7, 11) is 0. The highest BCUT2D eigenvalue weighted by atomic mass is 79.9. The van der Waals surface area contributed by atoms with Crippen LogP contribution in [0.3, 0.4) is 0 Å². The Bertz CT molecular complexity index is 1220. The van der Waals surface area contributed by atoms with Crippen molar-refractivity contribution in [1.29, 1.82) is 0 Å². The molecule has 146 valence electrons. The van der Waals surface area contributed by atoms with Gasteiger partial charge in [0.1, 0.15) is 35.3 Å². The van der Waals surface area contributed by atoms with Gasteiger partial charge in [0.2, 0.25) is 11.8 Å². The highest BCUT2D eigenvalue weighted by Gasteiger charge is 2.20. The van der Waals surface area contributed by atoms with Crippen molar-refractivity contribution in [2.24, 2.45) is 0 Å². The first kappa shape index (κ1) is 19.0. The van der Waals surface area contributed by atoms with Gasteiger partial charge in [0.05, 0.1) is 0 Å². The fourth-order valence-electron chi connectivity index (χ4n) is 3.01. The molecule has 3 heterocycles. The van der Waals surface area contributed by atoms with Crippen LogP contribution >= 0.6 is 31.9 Å². The number of pyridine rings is 1. The molecule has 5 aromatic rings. The molecule has 0 saturated heterocycles. The van der Waals surface area contributed by atoms with Crippen molar-refractivity contribution in [1.82, 2.24) is 15.0 Å². The average molecular weight is 523 g/mol. The summed E-state index contributed by atoms with van der Waals surface area (Å²) in [5.41, 5.74) is 4.56. The second kappa shape index (κ2) is 8.01. The maximum atomic E-state index is 5.72. The summed E-state index contributed by atoms with van der Waals surface area (Å²) in [5.74, 6) is 0.814. The number of benzene rings is 2. The van der Waals surface area contributed by atoms with E-state index >= 15 is 0 Å². The van der Waals surface area contributed by atoms with Gasteiger partial charge >= 0.3 is 0 Å². The summed E-state index contributed by atoms with van der Waals surface area (Å²) in [6, 6.07) is 21.6. The van der Waals surface area contributed by atoms with Gasteiger partial charge in [-0.1, -0.05) is 60.7 Å². The van der Waals surface area contributed by atoms with Crippen molar-refractivity contribution in [2.75, 3.05) is 0 Å². The molecule has 0 aliphatic rings. The minimum Gasteiger partial charge on any atom is -0.443 e. The number of hydrogen-bond donors (Lipinski definition) is 0. The van der Waals surface area contributed by atoms with Gasteiger partial charge in [-0.3, -0.25) is 0 Å². The van der Waals surface area contributed by atoms with E-state index in [-0.39, 0.29) is 0 Å². The highest BCUT2D eigenvalue weighted by Crippen LogP contribution is 2.36. The summed E-state index contributed by atoms with van der Waals surface area (Å²) >= 11 is 7.11. The van der Waals surface area contributed by atoms with Gasteiger partial charge < -0.3 is 8.83 Å². The molecular formula is C23H13Br2N3O2. The van der Waals surface area contributed by atoms with Crippen LogP contribution in [0.15, 0.2) is 97.0 Å². The van der Waals surface area contributed by atoms with Crippen LogP contribution in [0.1, 0.15) is 0 Å². The zero-order valence-corrected chi connectivity index (χ0v) is 18.6. The van der Waals surface area contributed by atoms with Crippen molar-refractivity contribution < 1.29 is 8.83 Å². The molecule has 30 heavy (non-hydrogen) atoms. The first-order valence-corrected chi connectivity index (χ1v) is 10.7. The van der Waals surface area contributed by atoms with E-state index in [0.29, 0.717) is 23.2 Å². The minimum absolute atomic E-state index is 0.407. The number of nitrogens with zero attached hydrogens (tertiary/aromatic N) is 3. The van der Waals surface area contributed by atoms with Crippen molar-refractivity contribution in [3.8, 4) is 45.7 Å². The van der Waals surface area contributed by atoms with Crippen LogP contribution < -0.4 is 0 Å². The van der Waals surface area contributed by atoms with E-state index < -0.39 is 0 Å². The Morgan fingerprint density at radius 3 is 1.43 bits per heavy atom. The maximum Gasteiger partial charge on any atom is 0.246 e. The third kappa shape index (κ3) is 3.62. The molecule has 3 aromatic heterocycles. The van der Waals surface area contributed by atoms with E-state index in [9.17, 15) is 0 Å². The first-order valence-electron chi connectivity index (χ1n) is 9.08. The quantitative estimate of drug-likeness (QED) is 0.248. The molecule has 0 spiro atoms. The zero-order valence-electron chi connectivity index (χ0n) is 15.4. The smallest absolute Gasteiger partial charge is 0.246 e. The Morgan fingerprint density at radius 2 is 1.00 bits per heavy atom. The predicted octanol–water partition coefficient (Wildman–Crippen LogP) is 7.25. The third-order valence-electron chi connectivity index (χ3n) is 4.48. The number of hydrogen-bond acceptors (Lipinski definition) is 5. The van der Waals surface area contributed by atoms with Crippen LogP contribution in [0.5, 0.6) is 0 Å². The molecule has 0 atom stereocenters.